The first-order valence-electron chi connectivity index (χ1n) is 17.0. The molecule has 260 valence electrons. The number of hydrogen-bond acceptors (Lipinski definition) is 7. The molecule has 5 N–H and O–H groups in total. The van der Waals surface area contributed by atoms with Crippen LogP contribution in [0, 0.1) is 22.7 Å². The van der Waals surface area contributed by atoms with Crippen LogP contribution in [0.4, 0.5) is 4.79 Å². The first kappa shape index (κ1) is 37.3. The minimum absolute atomic E-state index is 0.0787. The van der Waals surface area contributed by atoms with Gasteiger partial charge >= 0.3 is 12.0 Å². The highest BCUT2D eigenvalue weighted by molar-refractivity contribution is 6.37. The molecule has 2 heterocycles. The normalized spacial score (nSPS) is 28.4. The number of amides is 5. The van der Waals surface area contributed by atoms with Gasteiger partial charge in [0.05, 0.1) is 6.04 Å². The summed E-state index contributed by atoms with van der Waals surface area (Å²) in [6.07, 6.45) is 7.74. The third-order valence-corrected chi connectivity index (χ3v) is 9.76. The Bertz CT molecular complexity index is 1170. The number of carbonyl (C=O) groups excluding carboxylic acids is 6. The minimum atomic E-state index is -1.10. The fourth-order valence-electron chi connectivity index (χ4n) is 7.05. The number of rotatable bonds is 5. The van der Waals surface area contributed by atoms with E-state index < -0.39 is 64.8 Å². The molecule has 1 aliphatic carbocycles. The summed E-state index contributed by atoms with van der Waals surface area (Å²) >= 11 is 0. The molecule has 12 heteroatoms. The van der Waals surface area contributed by atoms with Crippen molar-refractivity contribution < 1.29 is 33.5 Å². The summed E-state index contributed by atoms with van der Waals surface area (Å²) in [6.45, 7) is 15.2. The predicted molar refractivity (Wildman–Crippen MR) is 173 cm³/mol. The van der Waals surface area contributed by atoms with Gasteiger partial charge in [-0.1, -0.05) is 86.0 Å². The van der Waals surface area contributed by atoms with Gasteiger partial charge in [0.25, 0.3) is 5.91 Å². The van der Waals surface area contributed by atoms with Gasteiger partial charge in [0, 0.05) is 6.54 Å². The van der Waals surface area contributed by atoms with E-state index in [1.807, 2.05) is 20.8 Å². The Kier molecular flexibility index (Phi) is 11.9. The van der Waals surface area contributed by atoms with E-state index in [0.717, 1.165) is 38.5 Å². The second-order valence-electron chi connectivity index (χ2n) is 16.1. The van der Waals surface area contributed by atoms with E-state index in [9.17, 15) is 28.8 Å². The molecule has 6 atom stereocenters. The minimum Gasteiger partial charge on any atom is -0.458 e. The third kappa shape index (κ3) is 9.44. The number of hydrogen-bond donors (Lipinski definition) is 4. The Morgan fingerprint density at radius 3 is 1.98 bits per heavy atom. The van der Waals surface area contributed by atoms with Crippen LogP contribution < -0.4 is 21.7 Å². The number of ketones is 1. The molecular formula is C34H57N5O7. The van der Waals surface area contributed by atoms with Crippen molar-refractivity contribution in [3.8, 4) is 0 Å². The summed E-state index contributed by atoms with van der Waals surface area (Å²) in [5, 5.41) is 8.35. The molecule has 3 rings (SSSR count). The van der Waals surface area contributed by atoms with Gasteiger partial charge in [0.15, 0.2) is 0 Å². The van der Waals surface area contributed by atoms with Crippen LogP contribution in [-0.4, -0.2) is 76.7 Å². The van der Waals surface area contributed by atoms with E-state index in [1.54, 1.807) is 20.8 Å². The van der Waals surface area contributed by atoms with Crippen LogP contribution in [0.2, 0.25) is 0 Å². The first-order chi connectivity index (χ1) is 21.3. The lowest BCUT2D eigenvalue weighted by Crippen LogP contribution is -2.60. The molecule has 0 aromatic heterocycles. The van der Waals surface area contributed by atoms with Crippen molar-refractivity contribution in [3.63, 3.8) is 0 Å². The highest BCUT2D eigenvalue weighted by Crippen LogP contribution is 2.65. The van der Waals surface area contributed by atoms with Crippen LogP contribution >= 0.6 is 0 Å². The number of esters is 1. The van der Waals surface area contributed by atoms with Gasteiger partial charge in [-0.3, -0.25) is 19.2 Å². The third-order valence-electron chi connectivity index (χ3n) is 9.76. The van der Waals surface area contributed by atoms with E-state index in [1.165, 1.54) is 4.90 Å². The monoisotopic (exact) mass is 647 g/mol. The summed E-state index contributed by atoms with van der Waals surface area (Å²) in [5.41, 5.74) is 3.72. The average molecular weight is 648 g/mol. The highest BCUT2D eigenvalue weighted by atomic mass is 16.6. The molecule has 2 aliphatic heterocycles. The number of nitrogens with zero attached hydrogens (tertiary/aromatic N) is 1. The second-order valence-corrected chi connectivity index (χ2v) is 16.1. The van der Waals surface area contributed by atoms with E-state index in [4.69, 9.17) is 10.5 Å². The van der Waals surface area contributed by atoms with Gasteiger partial charge in [-0.25, -0.2) is 9.59 Å². The number of urea groups is 1. The lowest BCUT2D eigenvalue weighted by Gasteiger charge is -2.35. The largest absolute Gasteiger partial charge is 0.458 e. The zero-order valence-electron chi connectivity index (χ0n) is 29.1. The van der Waals surface area contributed by atoms with E-state index >= 15 is 0 Å². The molecule has 12 nitrogen and oxygen atoms in total. The number of nitrogens with one attached hydrogen (secondary N) is 3. The van der Waals surface area contributed by atoms with Crippen LogP contribution in [0.1, 0.15) is 120 Å². The molecule has 0 aromatic rings. The summed E-state index contributed by atoms with van der Waals surface area (Å²) in [4.78, 5) is 80.7. The lowest BCUT2D eigenvalue weighted by molar-refractivity contribution is -0.160. The fourth-order valence-corrected chi connectivity index (χ4v) is 7.05. The summed E-state index contributed by atoms with van der Waals surface area (Å²) < 4.78 is 5.57. The van der Waals surface area contributed by atoms with Crippen LogP contribution in [0.3, 0.4) is 0 Å². The number of Topliss-reactive ketones (excluding diaryl/α,β-unsaturated/α-hetero) is 1. The van der Waals surface area contributed by atoms with Crippen LogP contribution in [-0.2, 0) is 28.7 Å². The molecule has 0 spiro atoms. The maximum Gasteiger partial charge on any atom is 0.329 e. The molecule has 46 heavy (non-hydrogen) atoms. The van der Waals surface area contributed by atoms with Gasteiger partial charge in [-0.2, -0.15) is 0 Å². The molecule has 0 bridgehead atoms. The fraction of sp³-hybridized carbons (Fsp3) is 0.824. The highest BCUT2D eigenvalue weighted by Gasteiger charge is 2.69. The maximum absolute atomic E-state index is 14.2. The second kappa shape index (κ2) is 14.7. The van der Waals surface area contributed by atoms with E-state index in [-0.39, 0.29) is 23.2 Å². The number of primary amides is 1. The van der Waals surface area contributed by atoms with E-state index in [2.05, 4.69) is 29.8 Å². The summed E-state index contributed by atoms with van der Waals surface area (Å²) in [6, 6.07) is -4.50. The Hall–Kier alpha value is -3.18. The quantitative estimate of drug-likeness (QED) is 0.261. The van der Waals surface area contributed by atoms with Gasteiger partial charge in [0.2, 0.25) is 17.6 Å². The molecular weight excluding hydrogens is 590 g/mol. The van der Waals surface area contributed by atoms with Crippen molar-refractivity contribution >= 4 is 35.5 Å². The Balaban J connectivity index is 1.87. The number of nitrogens with two attached hydrogens (primary N) is 1. The van der Waals surface area contributed by atoms with Crippen molar-refractivity contribution in [1.29, 1.82) is 0 Å². The maximum atomic E-state index is 14.2. The van der Waals surface area contributed by atoms with Gasteiger partial charge in [-0.15, -0.1) is 0 Å². The smallest absolute Gasteiger partial charge is 0.329 e. The van der Waals surface area contributed by atoms with Crippen molar-refractivity contribution in [3.05, 3.63) is 0 Å². The van der Waals surface area contributed by atoms with Crippen LogP contribution in [0.5, 0.6) is 0 Å². The van der Waals surface area contributed by atoms with Gasteiger partial charge in [0.1, 0.15) is 23.7 Å². The zero-order chi connectivity index (χ0) is 34.6. The van der Waals surface area contributed by atoms with Gasteiger partial charge < -0.3 is 31.3 Å². The topological polar surface area (TPSA) is 177 Å². The van der Waals surface area contributed by atoms with E-state index in [0.29, 0.717) is 32.2 Å². The van der Waals surface area contributed by atoms with Crippen molar-refractivity contribution in [2.24, 2.45) is 28.4 Å². The molecule has 0 radical (unpaired) electrons. The van der Waals surface area contributed by atoms with Crippen molar-refractivity contribution in [2.75, 3.05) is 6.54 Å². The first-order valence-corrected chi connectivity index (χ1v) is 17.0. The number of ether oxygens (including phenoxy) is 1. The molecule has 2 saturated heterocycles. The van der Waals surface area contributed by atoms with Crippen LogP contribution in [0.15, 0.2) is 0 Å². The molecule has 3 aliphatic rings. The Labute approximate surface area is 274 Å². The van der Waals surface area contributed by atoms with Crippen molar-refractivity contribution in [1.82, 2.24) is 20.9 Å². The summed E-state index contributed by atoms with van der Waals surface area (Å²) in [5.74, 6) is -3.45. The zero-order valence-corrected chi connectivity index (χ0v) is 29.1. The number of piperidine rings is 1. The molecule has 1 saturated carbocycles. The summed E-state index contributed by atoms with van der Waals surface area (Å²) in [7, 11) is 0. The predicted octanol–water partition coefficient (Wildman–Crippen LogP) is 3.35. The number of carbonyl (C=O) groups is 6. The molecule has 5 amide bonds. The molecule has 0 unspecified atom stereocenters. The molecule has 3 fully saturated rings. The van der Waals surface area contributed by atoms with Crippen molar-refractivity contribution in [2.45, 2.75) is 149 Å². The SMILES string of the molecule is CC(C)(C)OC(=O)[C@@H](NC(=O)N[C@H]1CCCCCCCCCC[C@@H](C(=O)C(N)=O)NC(=O)[C@@H]2[C@@H]3[C@H](CN2C1=O)C3(C)C)C(C)(C)C. The Morgan fingerprint density at radius 2 is 1.46 bits per heavy atom. The van der Waals surface area contributed by atoms with Crippen LogP contribution in [0.25, 0.3) is 0 Å². The Morgan fingerprint density at radius 1 is 0.913 bits per heavy atom. The number of fused-ring (bicyclic) bond motifs is 3. The molecule has 0 aromatic carbocycles. The standard InChI is InChI=1S/C34H57N5O7/c1-32(2,3)26(30(44)46-33(4,5)6)38-31(45)37-22-18-16-14-12-10-9-11-13-15-17-21(25(40)27(35)41)36-28(42)24-23-20(34(23,7)8)19-39(24)29(22)43/h20-24,26H,9-19H2,1-8H3,(H2,35,41)(H,36,42)(H2,37,38,45)/t20-,21-,22-,23-,24-,26+/m0/s1. The average Bonchev–Trinajstić information content (AvgIpc) is 3.25. The lowest BCUT2D eigenvalue weighted by atomic mass is 9.86. The van der Waals surface area contributed by atoms with Gasteiger partial charge in [-0.05, 0) is 56.3 Å².